The number of carbonyl (C=O) groups excluding carboxylic acids is 2. The van der Waals surface area contributed by atoms with Crippen molar-refractivity contribution < 1.29 is 14.7 Å². The standard InChI is InChI=1S/C20H19ClN2O3/c1-12-2-4-13(5-3-12)17-16(19(25)20(26)23(17)11-10-22)18(24)14-6-8-15(21)9-7-14/h2-9,17,24H,10-11,22H2,1H3. The van der Waals surface area contributed by atoms with Crippen LogP contribution >= 0.6 is 11.6 Å². The van der Waals surface area contributed by atoms with Crippen LogP contribution in [-0.4, -0.2) is 34.8 Å². The lowest BCUT2D eigenvalue weighted by atomic mass is 9.95. The maximum atomic E-state index is 12.6. The Balaban J connectivity index is 2.17. The van der Waals surface area contributed by atoms with Gasteiger partial charge in [0.1, 0.15) is 5.76 Å². The van der Waals surface area contributed by atoms with Gasteiger partial charge in [0.25, 0.3) is 11.7 Å². The number of hydrogen-bond donors (Lipinski definition) is 2. The molecule has 1 saturated heterocycles. The molecule has 134 valence electrons. The van der Waals surface area contributed by atoms with Crippen molar-refractivity contribution in [2.75, 3.05) is 13.1 Å². The number of aliphatic hydroxyl groups is 1. The van der Waals surface area contributed by atoms with Crippen molar-refractivity contribution in [1.82, 2.24) is 4.90 Å². The Morgan fingerprint density at radius 2 is 1.73 bits per heavy atom. The highest BCUT2D eigenvalue weighted by atomic mass is 35.5. The fourth-order valence-corrected chi connectivity index (χ4v) is 3.23. The molecule has 0 spiro atoms. The second-order valence-electron chi connectivity index (χ2n) is 6.20. The van der Waals surface area contributed by atoms with E-state index in [2.05, 4.69) is 0 Å². The van der Waals surface area contributed by atoms with Crippen LogP contribution in [0.3, 0.4) is 0 Å². The van der Waals surface area contributed by atoms with Gasteiger partial charge in [0.05, 0.1) is 11.6 Å². The average molecular weight is 371 g/mol. The maximum Gasteiger partial charge on any atom is 0.295 e. The molecular formula is C20H19ClN2O3. The van der Waals surface area contributed by atoms with Crippen LogP contribution in [0.1, 0.15) is 22.7 Å². The second-order valence-corrected chi connectivity index (χ2v) is 6.64. The van der Waals surface area contributed by atoms with Gasteiger partial charge in [-0.2, -0.15) is 0 Å². The van der Waals surface area contributed by atoms with Crippen molar-refractivity contribution in [1.29, 1.82) is 0 Å². The number of halogens is 1. The molecule has 3 N–H and O–H groups in total. The summed E-state index contributed by atoms with van der Waals surface area (Å²) in [6.45, 7) is 2.39. The number of rotatable bonds is 4. The summed E-state index contributed by atoms with van der Waals surface area (Å²) in [4.78, 5) is 26.6. The zero-order chi connectivity index (χ0) is 18.8. The van der Waals surface area contributed by atoms with E-state index in [1.807, 2.05) is 31.2 Å². The molecule has 0 bridgehead atoms. The van der Waals surface area contributed by atoms with E-state index in [0.717, 1.165) is 11.1 Å². The zero-order valence-corrected chi connectivity index (χ0v) is 15.0. The van der Waals surface area contributed by atoms with E-state index in [1.54, 1.807) is 24.3 Å². The second kappa shape index (κ2) is 7.32. The lowest BCUT2D eigenvalue weighted by Crippen LogP contribution is -2.34. The molecular weight excluding hydrogens is 352 g/mol. The Hall–Kier alpha value is -2.63. The minimum Gasteiger partial charge on any atom is -0.507 e. The number of aliphatic hydroxyl groups excluding tert-OH is 1. The van der Waals surface area contributed by atoms with Gasteiger partial charge in [-0.15, -0.1) is 0 Å². The van der Waals surface area contributed by atoms with Crippen LogP contribution in [0.2, 0.25) is 5.02 Å². The van der Waals surface area contributed by atoms with Gasteiger partial charge in [0.15, 0.2) is 0 Å². The van der Waals surface area contributed by atoms with Crippen molar-refractivity contribution in [2.45, 2.75) is 13.0 Å². The number of likely N-dealkylation sites (tertiary alicyclic amines) is 1. The maximum absolute atomic E-state index is 12.6. The molecule has 5 nitrogen and oxygen atoms in total. The molecule has 0 aliphatic carbocycles. The number of hydrogen-bond acceptors (Lipinski definition) is 4. The Kier molecular flexibility index (Phi) is 5.11. The summed E-state index contributed by atoms with van der Waals surface area (Å²) in [5, 5.41) is 11.3. The van der Waals surface area contributed by atoms with Crippen LogP contribution in [0.4, 0.5) is 0 Å². The fraction of sp³-hybridized carbons (Fsp3) is 0.200. The first-order chi connectivity index (χ1) is 12.4. The molecule has 1 aliphatic rings. The number of nitrogens with two attached hydrogens (primary N) is 1. The smallest absolute Gasteiger partial charge is 0.295 e. The lowest BCUT2D eigenvalue weighted by molar-refractivity contribution is -0.139. The molecule has 2 aromatic rings. The minimum atomic E-state index is -0.712. The van der Waals surface area contributed by atoms with Crippen LogP contribution in [-0.2, 0) is 9.59 Å². The van der Waals surface area contributed by atoms with Crippen LogP contribution < -0.4 is 5.73 Å². The van der Waals surface area contributed by atoms with E-state index < -0.39 is 17.7 Å². The van der Waals surface area contributed by atoms with E-state index >= 15 is 0 Å². The topological polar surface area (TPSA) is 83.6 Å². The summed E-state index contributed by atoms with van der Waals surface area (Å²) in [7, 11) is 0. The van der Waals surface area contributed by atoms with E-state index in [9.17, 15) is 14.7 Å². The third kappa shape index (κ3) is 3.23. The molecule has 6 heteroatoms. The van der Waals surface area contributed by atoms with Crippen LogP contribution in [0, 0.1) is 6.92 Å². The van der Waals surface area contributed by atoms with Crippen molar-refractivity contribution in [2.24, 2.45) is 5.73 Å². The van der Waals surface area contributed by atoms with Gasteiger partial charge in [-0.1, -0.05) is 41.4 Å². The molecule has 1 atom stereocenters. The molecule has 1 heterocycles. The zero-order valence-electron chi connectivity index (χ0n) is 14.3. The molecule has 26 heavy (non-hydrogen) atoms. The number of nitrogens with zero attached hydrogens (tertiary/aromatic N) is 1. The number of amides is 1. The van der Waals surface area contributed by atoms with E-state index in [1.165, 1.54) is 4.90 Å². The molecule has 1 amide bonds. The van der Waals surface area contributed by atoms with Crippen molar-refractivity contribution >= 4 is 29.1 Å². The van der Waals surface area contributed by atoms with E-state index in [0.29, 0.717) is 10.6 Å². The fourth-order valence-electron chi connectivity index (χ4n) is 3.11. The summed E-state index contributed by atoms with van der Waals surface area (Å²) >= 11 is 5.89. The first kappa shape index (κ1) is 18.2. The normalized spacial score (nSPS) is 19.2. The molecule has 1 fully saturated rings. The van der Waals surface area contributed by atoms with Gasteiger partial charge in [-0.05, 0) is 36.8 Å². The molecule has 1 unspecified atom stereocenters. The Morgan fingerprint density at radius 3 is 2.31 bits per heavy atom. The number of aryl methyl sites for hydroxylation is 1. The largest absolute Gasteiger partial charge is 0.507 e. The van der Waals surface area contributed by atoms with Gasteiger partial charge >= 0.3 is 0 Å². The van der Waals surface area contributed by atoms with Crippen molar-refractivity contribution in [3.05, 3.63) is 75.8 Å². The van der Waals surface area contributed by atoms with Crippen molar-refractivity contribution in [3.63, 3.8) is 0 Å². The first-order valence-corrected chi connectivity index (χ1v) is 8.63. The predicted molar refractivity (Wildman–Crippen MR) is 101 cm³/mol. The van der Waals surface area contributed by atoms with Crippen LogP contribution in [0.25, 0.3) is 5.76 Å². The van der Waals surface area contributed by atoms with Gasteiger partial charge in [-0.3, -0.25) is 9.59 Å². The summed E-state index contributed by atoms with van der Waals surface area (Å²) in [6.07, 6.45) is 0. The van der Waals surface area contributed by atoms with Gasteiger partial charge in [0.2, 0.25) is 0 Å². The number of Topliss-reactive ketones (excluding diaryl/α,β-unsaturated/α-hetero) is 1. The molecule has 3 rings (SSSR count). The summed E-state index contributed by atoms with van der Waals surface area (Å²) in [6, 6.07) is 13.3. The number of carbonyl (C=O) groups is 2. The molecule has 0 aromatic heterocycles. The van der Waals surface area contributed by atoms with Crippen LogP contribution in [0.5, 0.6) is 0 Å². The highest BCUT2D eigenvalue weighted by Crippen LogP contribution is 2.39. The third-order valence-electron chi connectivity index (χ3n) is 4.42. The quantitative estimate of drug-likeness (QED) is 0.492. The number of ketones is 1. The molecule has 0 saturated carbocycles. The summed E-state index contributed by atoms with van der Waals surface area (Å²) < 4.78 is 0. The van der Waals surface area contributed by atoms with Gasteiger partial charge < -0.3 is 15.7 Å². The van der Waals surface area contributed by atoms with Gasteiger partial charge in [-0.25, -0.2) is 0 Å². The lowest BCUT2D eigenvalue weighted by Gasteiger charge is -2.24. The average Bonchev–Trinajstić information content (AvgIpc) is 2.88. The first-order valence-electron chi connectivity index (χ1n) is 8.25. The monoisotopic (exact) mass is 370 g/mol. The van der Waals surface area contributed by atoms with E-state index in [-0.39, 0.29) is 24.4 Å². The van der Waals surface area contributed by atoms with E-state index in [4.69, 9.17) is 17.3 Å². The minimum absolute atomic E-state index is 0.0645. The van der Waals surface area contributed by atoms with Crippen molar-refractivity contribution in [3.8, 4) is 0 Å². The third-order valence-corrected chi connectivity index (χ3v) is 4.67. The Labute approximate surface area is 156 Å². The Morgan fingerprint density at radius 1 is 1.12 bits per heavy atom. The molecule has 0 radical (unpaired) electrons. The summed E-state index contributed by atoms with van der Waals surface area (Å²) in [5.74, 6) is -1.59. The molecule has 2 aromatic carbocycles. The highest BCUT2D eigenvalue weighted by Gasteiger charge is 2.45. The Bertz CT molecular complexity index is 873. The van der Waals surface area contributed by atoms with Crippen LogP contribution in [0.15, 0.2) is 54.1 Å². The predicted octanol–water partition coefficient (Wildman–Crippen LogP) is 3.03. The van der Waals surface area contributed by atoms with Gasteiger partial charge in [0, 0.05) is 23.7 Å². The summed E-state index contributed by atoms with van der Waals surface area (Å²) in [5.41, 5.74) is 7.93. The highest BCUT2D eigenvalue weighted by molar-refractivity contribution is 6.46. The SMILES string of the molecule is Cc1ccc(C2C(=C(O)c3ccc(Cl)cc3)C(=O)C(=O)N2CCN)cc1. The number of benzene rings is 2. The molecule has 1 aliphatic heterocycles.